The third-order valence-electron chi connectivity index (χ3n) is 6.37. The Labute approximate surface area is 186 Å². The quantitative estimate of drug-likeness (QED) is 0.641. The highest BCUT2D eigenvalue weighted by atomic mass is 16.6. The van der Waals surface area contributed by atoms with Crippen LogP contribution >= 0.6 is 0 Å². The van der Waals surface area contributed by atoms with Crippen molar-refractivity contribution in [3.05, 3.63) is 77.8 Å². The first-order valence-corrected chi connectivity index (χ1v) is 10.4. The van der Waals surface area contributed by atoms with E-state index < -0.39 is 11.2 Å². The zero-order valence-corrected chi connectivity index (χ0v) is 18.5. The third-order valence-corrected chi connectivity index (χ3v) is 6.37. The molecule has 1 aromatic carbocycles. The van der Waals surface area contributed by atoms with E-state index in [1.807, 2.05) is 66.2 Å². The van der Waals surface area contributed by atoms with Crippen molar-refractivity contribution in [1.29, 1.82) is 0 Å². The van der Waals surface area contributed by atoms with Crippen LogP contribution in [0.5, 0.6) is 0 Å². The van der Waals surface area contributed by atoms with Crippen molar-refractivity contribution in [2.75, 3.05) is 26.6 Å². The lowest BCUT2D eigenvalue weighted by Gasteiger charge is -2.27. The van der Waals surface area contributed by atoms with E-state index in [9.17, 15) is 4.79 Å². The molecule has 3 aromatic rings. The van der Waals surface area contributed by atoms with Crippen LogP contribution in [0.2, 0.25) is 0 Å². The molecule has 0 radical (unpaired) electrons. The topological polar surface area (TPSA) is 74.1 Å². The number of benzene rings is 1. The monoisotopic (exact) mass is 431 g/mol. The number of nitrogens with one attached hydrogen (secondary N) is 1. The summed E-state index contributed by atoms with van der Waals surface area (Å²) in [6.45, 7) is 2.04. The van der Waals surface area contributed by atoms with E-state index in [1.165, 1.54) is 0 Å². The summed E-state index contributed by atoms with van der Waals surface area (Å²) in [5, 5.41) is 2.98. The van der Waals surface area contributed by atoms with Crippen LogP contribution in [0.3, 0.4) is 0 Å². The molecule has 2 aliphatic rings. The summed E-state index contributed by atoms with van der Waals surface area (Å²) in [6.07, 6.45) is 8.12. The van der Waals surface area contributed by atoms with Crippen LogP contribution in [0.1, 0.15) is 12.0 Å². The first-order valence-electron chi connectivity index (χ1n) is 10.4. The molecule has 0 saturated heterocycles. The molecule has 7 heteroatoms. The fourth-order valence-corrected chi connectivity index (χ4v) is 4.52. The standard InChI is InChI=1S/C25H25N3O4/c1-16-8-9-28-14-20(27-22(28)10-16)17-6-5-7-19(11-17)26-23(29)18-12-21(30-2)25(32-4)15-24(25,13-18)31-3/h5-14H,15H2,1-4H3,(H,26,29). The number of aromatic nitrogens is 2. The first-order chi connectivity index (χ1) is 15.4. The van der Waals surface area contributed by atoms with Gasteiger partial charge in [0, 0.05) is 49.9 Å². The van der Waals surface area contributed by atoms with Crippen molar-refractivity contribution >= 4 is 17.2 Å². The lowest BCUT2D eigenvalue weighted by molar-refractivity contribution is -0.112. The highest BCUT2D eigenvalue weighted by Crippen LogP contribution is 2.61. The number of rotatable bonds is 6. The van der Waals surface area contributed by atoms with Gasteiger partial charge in [0.05, 0.1) is 12.8 Å². The fraction of sp³-hybridized carbons (Fsp3) is 0.280. The lowest BCUT2D eigenvalue weighted by Crippen LogP contribution is -2.35. The summed E-state index contributed by atoms with van der Waals surface area (Å²) in [6, 6.07) is 11.7. The van der Waals surface area contributed by atoms with E-state index in [0.717, 1.165) is 22.5 Å². The number of hydrogen-bond donors (Lipinski definition) is 1. The normalized spacial score (nSPS) is 23.9. The Kier molecular flexibility index (Phi) is 4.69. The van der Waals surface area contributed by atoms with Crippen LogP contribution in [-0.2, 0) is 19.0 Å². The van der Waals surface area contributed by atoms with E-state index in [-0.39, 0.29) is 5.91 Å². The van der Waals surface area contributed by atoms with Crippen LogP contribution in [-0.4, -0.2) is 47.8 Å². The Morgan fingerprint density at radius 2 is 2.00 bits per heavy atom. The number of amides is 1. The molecule has 5 rings (SSSR count). The van der Waals surface area contributed by atoms with E-state index in [0.29, 0.717) is 23.4 Å². The molecule has 1 saturated carbocycles. The number of carbonyl (C=O) groups is 1. The van der Waals surface area contributed by atoms with Crippen molar-refractivity contribution in [3.63, 3.8) is 0 Å². The van der Waals surface area contributed by atoms with Crippen molar-refractivity contribution < 1.29 is 19.0 Å². The summed E-state index contributed by atoms with van der Waals surface area (Å²) < 4.78 is 18.9. The Morgan fingerprint density at radius 1 is 1.16 bits per heavy atom. The summed E-state index contributed by atoms with van der Waals surface area (Å²) in [7, 11) is 4.82. The van der Waals surface area contributed by atoms with Gasteiger partial charge < -0.3 is 23.9 Å². The molecule has 0 bridgehead atoms. The summed E-state index contributed by atoms with van der Waals surface area (Å²) >= 11 is 0. The number of aryl methyl sites for hydroxylation is 1. The van der Waals surface area contributed by atoms with Crippen LogP contribution < -0.4 is 5.32 Å². The molecule has 1 fully saturated rings. The number of anilines is 1. The van der Waals surface area contributed by atoms with Gasteiger partial charge in [-0.1, -0.05) is 12.1 Å². The number of nitrogens with zero attached hydrogens (tertiary/aromatic N) is 2. The number of hydrogen-bond acceptors (Lipinski definition) is 5. The Bertz CT molecular complexity index is 1290. The summed E-state index contributed by atoms with van der Waals surface area (Å²) in [5.74, 6) is 0.346. The number of ether oxygens (including phenoxy) is 3. The van der Waals surface area contributed by atoms with Gasteiger partial charge in [-0.25, -0.2) is 4.98 Å². The third kappa shape index (κ3) is 3.04. The van der Waals surface area contributed by atoms with Crippen LogP contribution in [0, 0.1) is 6.92 Å². The lowest BCUT2D eigenvalue weighted by atomic mass is 9.99. The van der Waals surface area contributed by atoms with E-state index in [1.54, 1.807) is 27.4 Å². The zero-order valence-electron chi connectivity index (χ0n) is 18.5. The van der Waals surface area contributed by atoms with Crippen molar-refractivity contribution in [2.45, 2.75) is 24.5 Å². The highest BCUT2D eigenvalue weighted by molar-refractivity contribution is 6.06. The number of imidazole rings is 1. The van der Waals surface area contributed by atoms with Gasteiger partial charge in [0.25, 0.3) is 5.91 Å². The van der Waals surface area contributed by atoms with Crippen LogP contribution in [0.4, 0.5) is 5.69 Å². The minimum atomic E-state index is -0.689. The molecule has 0 spiro atoms. The van der Waals surface area contributed by atoms with Gasteiger partial charge >= 0.3 is 0 Å². The second kappa shape index (κ2) is 7.32. The zero-order chi connectivity index (χ0) is 22.5. The smallest absolute Gasteiger partial charge is 0.255 e. The minimum Gasteiger partial charge on any atom is -0.498 e. The van der Waals surface area contributed by atoms with Gasteiger partial charge in [-0.2, -0.15) is 0 Å². The average Bonchev–Trinajstić information content (AvgIpc) is 3.32. The van der Waals surface area contributed by atoms with Crippen LogP contribution in [0.25, 0.3) is 16.9 Å². The van der Waals surface area contributed by atoms with Gasteiger partial charge in [-0.3, -0.25) is 4.79 Å². The molecule has 2 heterocycles. The summed E-state index contributed by atoms with van der Waals surface area (Å²) in [4.78, 5) is 17.8. The molecule has 2 atom stereocenters. The van der Waals surface area contributed by atoms with Gasteiger partial charge in [0.1, 0.15) is 17.0 Å². The van der Waals surface area contributed by atoms with Gasteiger partial charge in [-0.15, -0.1) is 0 Å². The molecular formula is C25H25N3O4. The molecule has 2 unspecified atom stereocenters. The molecule has 1 amide bonds. The molecular weight excluding hydrogens is 406 g/mol. The van der Waals surface area contributed by atoms with Crippen molar-refractivity contribution in [1.82, 2.24) is 9.38 Å². The van der Waals surface area contributed by atoms with Crippen molar-refractivity contribution in [2.24, 2.45) is 0 Å². The maximum atomic E-state index is 13.1. The average molecular weight is 431 g/mol. The molecule has 0 aliphatic heterocycles. The van der Waals surface area contributed by atoms with Crippen molar-refractivity contribution in [3.8, 4) is 11.3 Å². The van der Waals surface area contributed by atoms with Gasteiger partial charge in [-0.05, 0) is 48.9 Å². The number of methoxy groups -OCH3 is 3. The largest absolute Gasteiger partial charge is 0.498 e. The molecule has 7 nitrogen and oxygen atoms in total. The number of carbonyl (C=O) groups excluding carboxylic acids is 1. The molecule has 164 valence electrons. The summed E-state index contributed by atoms with van der Waals surface area (Å²) in [5.41, 5.74) is 3.60. The van der Waals surface area contributed by atoms with Gasteiger partial charge in [0.15, 0.2) is 5.60 Å². The maximum absolute atomic E-state index is 13.1. The van der Waals surface area contributed by atoms with Gasteiger partial charge in [0.2, 0.25) is 0 Å². The first kappa shape index (κ1) is 20.5. The minimum absolute atomic E-state index is 0.240. The highest BCUT2D eigenvalue weighted by Gasteiger charge is 2.73. The second-order valence-corrected chi connectivity index (χ2v) is 8.24. The molecule has 2 aromatic heterocycles. The predicted octanol–water partition coefficient (Wildman–Crippen LogP) is 3.89. The number of pyridine rings is 1. The van der Waals surface area contributed by atoms with Crippen LogP contribution in [0.15, 0.2) is 72.3 Å². The van der Waals surface area contributed by atoms with E-state index in [4.69, 9.17) is 19.2 Å². The number of fused-ring (bicyclic) bond motifs is 2. The molecule has 2 aliphatic carbocycles. The Morgan fingerprint density at radius 3 is 2.75 bits per heavy atom. The maximum Gasteiger partial charge on any atom is 0.255 e. The second-order valence-electron chi connectivity index (χ2n) is 8.24. The fourth-order valence-electron chi connectivity index (χ4n) is 4.52. The predicted molar refractivity (Wildman–Crippen MR) is 121 cm³/mol. The molecule has 32 heavy (non-hydrogen) atoms. The SMILES string of the molecule is COC1=CC(C(=O)Nc2cccc(-c3cn4ccc(C)cc4n3)c2)=CC2(OC)CC12OC. The van der Waals surface area contributed by atoms with E-state index >= 15 is 0 Å². The Balaban J connectivity index is 1.41. The molecule has 1 N–H and O–H groups in total. The Hall–Kier alpha value is -3.42. The van der Waals surface area contributed by atoms with E-state index in [2.05, 4.69) is 5.32 Å².